The van der Waals surface area contributed by atoms with Crippen molar-refractivity contribution in [2.24, 2.45) is 0 Å². The Kier molecular flexibility index (Phi) is 4.74. The van der Waals surface area contributed by atoms with Crippen LogP contribution in [0.5, 0.6) is 5.75 Å². The van der Waals surface area contributed by atoms with Crippen LogP contribution in [0.25, 0.3) is 0 Å². The molecule has 1 aliphatic rings. The molecule has 1 unspecified atom stereocenters. The third-order valence-corrected chi connectivity index (χ3v) is 3.20. The van der Waals surface area contributed by atoms with Crippen LogP contribution >= 0.6 is 0 Å². The van der Waals surface area contributed by atoms with Gasteiger partial charge in [0.05, 0.1) is 12.7 Å². The van der Waals surface area contributed by atoms with Crippen LogP contribution in [0.1, 0.15) is 18.6 Å². The lowest BCUT2D eigenvalue weighted by molar-refractivity contribution is -0.0404. The summed E-state index contributed by atoms with van der Waals surface area (Å²) in [5.74, 6) is 0.00732. The van der Waals surface area contributed by atoms with Crippen molar-refractivity contribution < 1.29 is 19.0 Å². The fraction of sp³-hybridized carbons (Fsp3) is 0.571. The number of nitrogens with zero attached hydrogens (tertiary/aromatic N) is 1. The van der Waals surface area contributed by atoms with Gasteiger partial charge in [-0.1, -0.05) is 0 Å². The van der Waals surface area contributed by atoms with E-state index < -0.39 is 11.9 Å². The summed E-state index contributed by atoms with van der Waals surface area (Å²) >= 11 is 0. The summed E-state index contributed by atoms with van der Waals surface area (Å²) in [4.78, 5) is 2.18. The van der Waals surface area contributed by atoms with Gasteiger partial charge < -0.3 is 19.5 Å². The fourth-order valence-corrected chi connectivity index (χ4v) is 2.09. The highest BCUT2D eigenvalue weighted by molar-refractivity contribution is 5.30. The fourth-order valence-electron chi connectivity index (χ4n) is 2.09. The van der Waals surface area contributed by atoms with Gasteiger partial charge in [0.1, 0.15) is 24.3 Å². The van der Waals surface area contributed by atoms with Gasteiger partial charge in [-0.25, -0.2) is 4.39 Å². The van der Waals surface area contributed by atoms with E-state index in [0.717, 1.165) is 13.1 Å². The molecule has 0 aliphatic carbocycles. The van der Waals surface area contributed by atoms with Gasteiger partial charge in [0, 0.05) is 24.7 Å². The van der Waals surface area contributed by atoms with Crippen LogP contribution in [0.15, 0.2) is 18.2 Å². The molecule has 4 nitrogen and oxygen atoms in total. The van der Waals surface area contributed by atoms with Crippen molar-refractivity contribution in [3.8, 4) is 5.75 Å². The number of hydrogen-bond donors (Lipinski definition) is 1. The predicted molar refractivity (Wildman–Crippen MR) is 69.8 cm³/mol. The second kappa shape index (κ2) is 6.32. The Morgan fingerprint density at radius 2 is 2.37 bits per heavy atom. The molecule has 0 radical (unpaired) electrons. The first-order chi connectivity index (χ1) is 9.06. The van der Waals surface area contributed by atoms with Gasteiger partial charge in [-0.05, 0) is 26.1 Å². The van der Waals surface area contributed by atoms with Crippen molar-refractivity contribution in [2.75, 3.05) is 33.4 Å². The number of aliphatic hydroxyl groups is 1. The molecule has 1 saturated heterocycles. The van der Waals surface area contributed by atoms with Crippen molar-refractivity contribution in [3.05, 3.63) is 29.6 Å². The molecule has 0 bridgehead atoms. The van der Waals surface area contributed by atoms with Gasteiger partial charge in [0.15, 0.2) is 0 Å². The van der Waals surface area contributed by atoms with E-state index in [1.165, 1.54) is 13.0 Å². The molecule has 1 aliphatic heterocycles. The van der Waals surface area contributed by atoms with E-state index in [0.29, 0.717) is 19.0 Å². The van der Waals surface area contributed by atoms with Gasteiger partial charge in [-0.15, -0.1) is 0 Å². The third-order valence-electron chi connectivity index (χ3n) is 3.20. The van der Waals surface area contributed by atoms with E-state index in [9.17, 15) is 9.50 Å². The predicted octanol–water partition coefficient (Wildman–Crippen LogP) is 1.59. The molecular formula is C14H20FNO3. The normalized spacial score (nSPS) is 22.2. The van der Waals surface area contributed by atoms with Crippen LogP contribution in [-0.4, -0.2) is 49.5 Å². The Morgan fingerprint density at radius 3 is 3.00 bits per heavy atom. The number of benzene rings is 1. The van der Waals surface area contributed by atoms with Gasteiger partial charge in [-0.2, -0.15) is 0 Å². The highest BCUT2D eigenvalue weighted by Gasteiger charge is 2.18. The summed E-state index contributed by atoms with van der Waals surface area (Å²) in [5, 5.41) is 9.35. The second-order valence-electron chi connectivity index (χ2n) is 4.93. The molecule has 2 atom stereocenters. The Bertz CT molecular complexity index is 425. The standard InChI is InChI=1S/C14H20FNO3/c1-10(17)13-4-3-11(7-14(13)15)19-9-12-8-16(2)5-6-18-12/h3-4,7,10,12,17H,5-6,8-9H2,1-2H3/t10-,12?/m0/s1. The van der Waals surface area contributed by atoms with Crippen molar-refractivity contribution in [1.29, 1.82) is 0 Å². The van der Waals surface area contributed by atoms with Crippen molar-refractivity contribution in [1.82, 2.24) is 4.90 Å². The number of morpholine rings is 1. The maximum absolute atomic E-state index is 13.6. The molecule has 1 N–H and O–H groups in total. The topological polar surface area (TPSA) is 41.9 Å². The number of aliphatic hydroxyl groups excluding tert-OH is 1. The molecule has 1 heterocycles. The maximum Gasteiger partial charge on any atom is 0.132 e. The van der Waals surface area contributed by atoms with E-state index in [2.05, 4.69) is 4.90 Å². The molecule has 0 saturated carbocycles. The largest absolute Gasteiger partial charge is 0.491 e. The molecule has 19 heavy (non-hydrogen) atoms. The smallest absolute Gasteiger partial charge is 0.132 e. The Balaban J connectivity index is 1.91. The molecule has 0 aromatic heterocycles. The van der Waals surface area contributed by atoms with E-state index in [1.54, 1.807) is 12.1 Å². The summed E-state index contributed by atoms with van der Waals surface area (Å²) in [6.45, 7) is 4.37. The van der Waals surface area contributed by atoms with E-state index in [4.69, 9.17) is 9.47 Å². The van der Waals surface area contributed by atoms with Crippen LogP contribution < -0.4 is 4.74 Å². The molecule has 106 valence electrons. The minimum absolute atomic E-state index is 0.0123. The molecule has 1 aromatic rings. The lowest BCUT2D eigenvalue weighted by Gasteiger charge is -2.29. The van der Waals surface area contributed by atoms with Crippen LogP contribution in [-0.2, 0) is 4.74 Å². The Morgan fingerprint density at radius 1 is 1.58 bits per heavy atom. The first kappa shape index (κ1) is 14.2. The average Bonchev–Trinajstić information content (AvgIpc) is 2.36. The Labute approximate surface area is 112 Å². The average molecular weight is 269 g/mol. The zero-order valence-electron chi connectivity index (χ0n) is 11.3. The number of likely N-dealkylation sites (N-methyl/N-ethyl adjacent to an activating group) is 1. The minimum Gasteiger partial charge on any atom is -0.491 e. The number of halogens is 1. The quantitative estimate of drug-likeness (QED) is 0.901. The first-order valence-corrected chi connectivity index (χ1v) is 6.46. The number of hydrogen-bond acceptors (Lipinski definition) is 4. The zero-order chi connectivity index (χ0) is 13.8. The van der Waals surface area contributed by atoms with E-state index >= 15 is 0 Å². The van der Waals surface area contributed by atoms with Crippen LogP contribution in [0.4, 0.5) is 4.39 Å². The Hall–Kier alpha value is -1.17. The molecule has 1 fully saturated rings. The van der Waals surface area contributed by atoms with E-state index in [1.807, 2.05) is 7.05 Å². The summed E-state index contributed by atoms with van der Waals surface area (Å²) in [6, 6.07) is 4.51. The van der Waals surface area contributed by atoms with Crippen molar-refractivity contribution in [3.63, 3.8) is 0 Å². The highest BCUT2D eigenvalue weighted by atomic mass is 19.1. The van der Waals surface area contributed by atoms with Crippen LogP contribution in [0.3, 0.4) is 0 Å². The van der Waals surface area contributed by atoms with Gasteiger partial charge >= 0.3 is 0 Å². The zero-order valence-corrected chi connectivity index (χ0v) is 11.3. The summed E-state index contributed by atoms with van der Waals surface area (Å²) in [5.41, 5.74) is 0.279. The lowest BCUT2D eigenvalue weighted by atomic mass is 10.1. The molecular weight excluding hydrogens is 249 g/mol. The molecule has 2 rings (SSSR count). The SMILES string of the molecule is C[C@H](O)c1ccc(OCC2CN(C)CCO2)cc1F. The van der Waals surface area contributed by atoms with Gasteiger partial charge in [0.2, 0.25) is 0 Å². The van der Waals surface area contributed by atoms with Crippen LogP contribution in [0, 0.1) is 5.82 Å². The number of ether oxygens (including phenoxy) is 2. The molecule has 1 aromatic carbocycles. The van der Waals surface area contributed by atoms with E-state index in [-0.39, 0.29) is 11.7 Å². The highest BCUT2D eigenvalue weighted by Crippen LogP contribution is 2.22. The van der Waals surface area contributed by atoms with Crippen molar-refractivity contribution >= 4 is 0 Å². The van der Waals surface area contributed by atoms with Crippen molar-refractivity contribution in [2.45, 2.75) is 19.1 Å². The lowest BCUT2D eigenvalue weighted by Crippen LogP contribution is -2.42. The van der Waals surface area contributed by atoms with Crippen LogP contribution in [0.2, 0.25) is 0 Å². The monoisotopic (exact) mass is 269 g/mol. The molecule has 0 spiro atoms. The second-order valence-corrected chi connectivity index (χ2v) is 4.93. The molecule has 5 heteroatoms. The maximum atomic E-state index is 13.6. The molecule has 0 amide bonds. The summed E-state index contributed by atoms with van der Waals surface area (Å²) in [6.07, 6.45) is -0.803. The minimum atomic E-state index is -0.815. The third kappa shape index (κ3) is 3.89. The van der Waals surface area contributed by atoms with Gasteiger partial charge in [-0.3, -0.25) is 0 Å². The summed E-state index contributed by atoms with van der Waals surface area (Å²) < 4.78 is 24.7. The van der Waals surface area contributed by atoms with Gasteiger partial charge in [0.25, 0.3) is 0 Å². The number of rotatable bonds is 4. The summed E-state index contributed by atoms with van der Waals surface area (Å²) in [7, 11) is 2.03. The first-order valence-electron chi connectivity index (χ1n) is 6.46.